The summed E-state index contributed by atoms with van der Waals surface area (Å²) in [5.41, 5.74) is 2.53. The lowest BCUT2D eigenvalue weighted by Gasteiger charge is -2.23. The first-order valence-corrected chi connectivity index (χ1v) is 8.30. The van der Waals surface area contributed by atoms with E-state index in [0.717, 1.165) is 15.9 Å². The van der Waals surface area contributed by atoms with Crippen molar-refractivity contribution in [3.05, 3.63) is 39.4 Å². The molecule has 1 saturated carbocycles. The first-order valence-electron chi connectivity index (χ1n) is 6.42. The normalized spacial score (nSPS) is 18.1. The molecular weight excluding hydrogens is 331 g/mol. The molecule has 0 aromatic heterocycles. The van der Waals surface area contributed by atoms with Crippen LogP contribution in [0.2, 0.25) is 10.0 Å². The van der Waals surface area contributed by atoms with Gasteiger partial charge in [0.1, 0.15) is 0 Å². The van der Waals surface area contributed by atoms with Crippen LogP contribution in [0.4, 0.5) is 0 Å². The minimum Gasteiger partial charge on any atom is -0.0880 e. The Morgan fingerprint density at radius 1 is 1.22 bits per heavy atom. The molecule has 1 aromatic rings. The van der Waals surface area contributed by atoms with Gasteiger partial charge in [-0.25, -0.2) is 0 Å². The lowest BCUT2D eigenvalue weighted by Crippen LogP contribution is -2.10. The third-order valence-electron chi connectivity index (χ3n) is 3.59. The number of halogens is 3. The van der Waals surface area contributed by atoms with Gasteiger partial charge in [0.05, 0.1) is 0 Å². The van der Waals surface area contributed by atoms with Gasteiger partial charge < -0.3 is 0 Å². The van der Waals surface area contributed by atoms with Crippen molar-refractivity contribution in [2.45, 2.75) is 32.1 Å². The van der Waals surface area contributed by atoms with Crippen LogP contribution in [-0.2, 0) is 0 Å². The fourth-order valence-electron chi connectivity index (χ4n) is 2.56. The Hall–Kier alpha value is 0.0200. The Labute approximate surface area is 127 Å². The van der Waals surface area contributed by atoms with Crippen LogP contribution in [0.5, 0.6) is 0 Å². The smallest absolute Gasteiger partial charge is 0.0493 e. The Bertz CT molecular complexity index is 434. The van der Waals surface area contributed by atoms with Crippen molar-refractivity contribution in [3.63, 3.8) is 0 Å². The Morgan fingerprint density at radius 2 is 1.94 bits per heavy atom. The van der Waals surface area contributed by atoms with Gasteiger partial charge in [-0.15, -0.1) is 0 Å². The molecular formula is C15H17BrCl2. The van der Waals surface area contributed by atoms with Crippen LogP contribution in [0.3, 0.4) is 0 Å². The second-order valence-corrected chi connectivity index (χ2v) is 6.26. The van der Waals surface area contributed by atoms with E-state index in [1.165, 1.54) is 37.7 Å². The van der Waals surface area contributed by atoms with Crippen LogP contribution >= 0.6 is 39.1 Å². The predicted octanol–water partition coefficient (Wildman–Crippen LogP) is 6.35. The lowest BCUT2D eigenvalue weighted by atomic mass is 9.84. The van der Waals surface area contributed by atoms with Crippen molar-refractivity contribution in [1.82, 2.24) is 0 Å². The molecule has 3 heteroatoms. The highest BCUT2D eigenvalue weighted by molar-refractivity contribution is 9.09. The average Bonchev–Trinajstić information content (AvgIpc) is 2.39. The summed E-state index contributed by atoms with van der Waals surface area (Å²) >= 11 is 15.8. The Balaban J connectivity index is 2.22. The third-order valence-corrected chi connectivity index (χ3v) is 4.80. The van der Waals surface area contributed by atoms with Crippen LogP contribution in [0, 0.1) is 5.92 Å². The van der Waals surface area contributed by atoms with Gasteiger partial charge >= 0.3 is 0 Å². The first kappa shape index (κ1) is 14.4. The van der Waals surface area contributed by atoms with Gasteiger partial charge in [0.2, 0.25) is 0 Å². The van der Waals surface area contributed by atoms with Crippen LogP contribution in [0.1, 0.15) is 37.7 Å². The predicted molar refractivity (Wildman–Crippen MR) is 84.8 cm³/mol. The molecule has 0 atom stereocenters. The zero-order chi connectivity index (χ0) is 13.0. The molecule has 1 fully saturated rings. The molecule has 0 N–H and O–H groups in total. The van der Waals surface area contributed by atoms with Crippen molar-refractivity contribution in [1.29, 1.82) is 0 Å². The monoisotopic (exact) mass is 346 g/mol. The van der Waals surface area contributed by atoms with Gasteiger partial charge in [0.15, 0.2) is 0 Å². The molecule has 2 rings (SSSR count). The molecule has 0 bridgehead atoms. The molecule has 1 aromatic carbocycles. The third kappa shape index (κ3) is 3.76. The summed E-state index contributed by atoms with van der Waals surface area (Å²) in [5.74, 6) is 0.713. The molecule has 0 aliphatic heterocycles. The van der Waals surface area contributed by atoms with Gasteiger partial charge in [-0.1, -0.05) is 76.1 Å². The minimum absolute atomic E-state index is 0.690. The molecule has 0 nitrogen and oxygen atoms in total. The van der Waals surface area contributed by atoms with E-state index in [4.69, 9.17) is 23.2 Å². The molecule has 0 radical (unpaired) electrons. The van der Waals surface area contributed by atoms with Gasteiger partial charge in [-0.05, 0) is 36.5 Å². The van der Waals surface area contributed by atoms with E-state index in [1.54, 1.807) is 0 Å². The summed E-state index contributed by atoms with van der Waals surface area (Å²) in [6.45, 7) is 0. The van der Waals surface area contributed by atoms with Crippen molar-refractivity contribution < 1.29 is 0 Å². The van der Waals surface area contributed by atoms with Crippen LogP contribution in [0.15, 0.2) is 23.8 Å². The van der Waals surface area contributed by atoms with Gasteiger partial charge in [0, 0.05) is 15.4 Å². The number of rotatable bonds is 3. The Kier molecular flexibility index (Phi) is 5.59. The largest absolute Gasteiger partial charge is 0.0880 e. The molecule has 1 aliphatic rings. The molecule has 0 unspecified atom stereocenters. The van der Waals surface area contributed by atoms with Crippen molar-refractivity contribution >= 4 is 45.2 Å². The lowest BCUT2D eigenvalue weighted by molar-refractivity contribution is 0.405. The molecule has 1 aliphatic carbocycles. The fourth-order valence-corrected chi connectivity index (χ4v) is 3.64. The number of benzene rings is 1. The molecule has 0 saturated heterocycles. The zero-order valence-electron chi connectivity index (χ0n) is 10.3. The summed E-state index contributed by atoms with van der Waals surface area (Å²) < 4.78 is 0. The highest BCUT2D eigenvalue weighted by Gasteiger charge is 2.17. The molecule has 18 heavy (non-hydrogen) atoms. The van der Waals surface area contributed by atoms with Crippen molar-refractivity contribution in [2.75, 3.05) is 5.33 Å². The molecule has 0 spiro atoms. The van der Waals surface area contributed by atoms with Crippen LogP contribution < -0.4 is 0 Å². The number of hydrogen-bond acceptors (Lipinski definition) is 0. The summed E-state index contributed by atoms with van der Waals surface area (Å²) in [7, 11) is 0. The van der Waals surface area contributed by atoms with Crippen molar-refractivity contribution in [3.8, 4) is 0 Å². The summed E-state index contributed by atoms with van der Waals surface area (Å²) in [4.78, 5) is 0. The maximum absolute atomic E-state index is 6.23. The number of allylic oxidation sites excluding steroid dienone is 1. The second-order valence-electron chi connectivity index (χ2n) is 4.85. The second kappa shape index (κ2) is 6.98. The maximum Gasteiger partial charge on any atom is 0.0493 e. The standard InChI is InChI=1S/C15H17BrCl2/c16-10-13(11-4-2-1-3-5-11)8-12-6-7-14(17)9-15(12)18/h6-9,11H,1-5,10H2. The van der Waals surface area contributed by atoms with Crippen LogP contribution in [-0.4, -0.2) is 5.33 Å². The molecule has 0 amide bonds. The quantitative estimate of drug-likeness (QED) is 0.558. The SMILES string of the molecule is Clc1ccc(C=C(CBr)C2CCCCC2)c(Cl)c1. The van der Waals surface area contributed by atoms with Gasteiger partial charge in [0.25, 0.3) is 0 Å². The number of hydrogen-bond donors (Lipinski definition) is 0. The summed E-state index contributed by atoms with van der Waals surface area (Å²) in [6.07, 6.45) is 8.93. The van der Waals surface area contributed by atoms with E-state index >= 15 is 0 Å². The van der Waals surface area contributed by atoms with Crippen molar-refractivity contribution in [2.24, 2.45) is 5.92 Å². The van der Waals surface area contributed by atoms with E-state index in [2.05, 4.69) is 22.0 Å². The van der Waals surface area contributed by atoms with Crippen LogP contribution in [0.25, 0.3) is 6.08 Å². The maximum atomic E-state index is 6.23. The van der Waals surface area contributed by atoms with E-state index in [-0.39, 0.29) is 0 Å². The minimum atomic E-state index is 0.690. The highest BCUT2D eigenvalue weighted by Crippen LogP contribution is 2.33. The summed E-state index contributed by atoms with van der Waals surface area (Å²) in [6, 6.07) is 5.70. The van der Waals surface area contributed by atoms with E-state index < -0.39 is 0 Å². The molecule has 98 valence electrons. The van der Waals surface area contributed by atoms with Gasteiger partial charge in [-0.2, -0.15) is 0 Å². The zero-order valence-corrected chi connectivity index (χ0v) is 13.4. The van der Waals surface area contributed by atoms with E-state index in [0.29, 0.717) is 10.9 Å². The van der Waals surface area contributed by atoms with E-state index in [1.807, 2.05) is 18.2 Å². The van der Waals surface area contributed by atoms with E-state index in [9.17, 15) is 0 Å². The average molecular weight is 348 g/mol. The topological polar surface area (TPSA) is 0 Å². The highest BCUT2D eigenvalue weighted by atomic mass is 79.9. The number of alkyl halides is 1. The summed E-state index contributed by atoms with van der Waals surface area (Å²) in [5, 5.41) is 2.35. The van der Waals surface area contributed by atoms with Gasteiger partial charge in [-0.3, -0.25) is 0 Å². The fraction of sp³-hybridized carbons (Fsp3) is 0.467. The first-order chi connectivity index (χ1) is 8.70. The molecule has 0 heterocycles. The Morgan fingerprint density at radius 3 is 2.56 bits per heavy atom.